The molecule has 1 unspecified atom stereocenters. The Morgan fingerprint density at radius 1 is 1.00 bits per heavy atom. The normalized spacial score (nSPS) is 12.0. The molecule has 1 aromatic heterocycles. The molecule has 0 bridgehead atoms. The highest BCUT2D eigenvalue weighted by atomic mass is 16.2. The van der Waals surface area contributed by atoms with Crippen LogP contribution in [0.2, 0.25) is 0 Å². The minimum absolute atomic E-state index is 0.0573. The molecule has 0 saturated heterocycles. The van der Waals surface area contributed by atoms with Gasteiger partial charge in [0.25, 0.3) is 0 Å². The summed E-state index contributed by atoms with van der Waals surface area (Å²) in [5.74, 6) is 0.273. The van der Waals surface area contributed by atoms with Gasteiger partial charge in [0.05, 0.1) is 17.4 Å². The summed E-state index contributed by atoms with van der Waals surface area (Å²) in [6.45, 7) is 4.19. The van der Waals surface area contributed by atoms with Crippen molar-refractivity contribution in [2.45, 2.75) is 19.9 Å². The van der Waals surface area contributed by atoms with Crippen LogP contribution in [-0.4, -0.2) is 15.8 Å². The van der Waals surface area contributed by atoms with Gasteiger partial charge in [0, 0.05) is 12.4 Å². The second kappa shape index (κ2) is 7.66. The van der Waals surface area contributed by atoms with E-state index in [9.17, 15) is 4.79 Å². The molecule has 0 radical (unpaired) electrons. The Bertz CT molecular complexity index is 813. The van der Waals surface area contributed by atoms with Gasteiger partial charge in [-0.3, -0.25) is 0 Å². The van der Waals surface area contributed by atoms with Gasteiger partial charge in [0.1, 0.15) is 0 Å². The maximum absolute atomic E-state index is 12.6. The summed E-state index contributed by atoms with van der Waals surface area (Å²) in [5, 5.41) is 10.3. The highest BCUT2D eigenvalue weighted by molar-refractivity contribution is 5.91. The standard InChI is InChI=1S/C20H22N4O/c1-15(2)19(16-9-4-3-5-10-16)23-20(25)22-17-11-6-7-12-18(17)24-14-8-13-21-24/h3-15,19H,1-2H3,(H2,22,23,25). The van der Waals surface area contributed by atoms with Gasteiger partial charge in [0.15, 0.2) is 0 Å². The Labute approximate surface area is 147 Å². The highest BCUT2D eigenvalue weighted by Gasteiger charge is 2.18. The maximum Gasteiger partial charge on any atom is 0.319 e. The van der Waals surface area contributed by atoms with E-state index in [2.05, 4.69) is 29.6 Å². The Morgan fingerprint density at radius 3 is 2.40 bits per heavy atom. The molecule has 0 fully saturated rings. The Morgan fingerprint density at radius 2 is 1.72 bits per heavy atom. The van der Waals surface area contributed by atoms with Crippen LogP contribution in [0.1, 0.15) is 25.5 Å². The van der Waals surface area contributed by atoms with E-state index in [0.717, 1.165) is 11.3 Å². The zero-order valence-corrected chi connectivity index (χ0v) is 14.4. The number of carbonyl (C=O) groups excluding carboxylic acids is 1. The van der Waals surface area contributed by atoms with Crippen LogP contribution in [0.5, 0.6) is 0 Å². The fraction of sp³-hybridized carbons (Fsp3) is 0.200. The molecular formula is C20H22N4O. The van der Waals surface area contributed by atoms with Gasteiger partial charge in [-0.25, -0.2) is 9.48 Å². The van der Waals surface area contributed by atoms with Crippen LogP contribution in [-0.2, 0) is 0 Å². The molecule has 0 aliphatic rings. The first kappa shape index (κ1) is 16.8. The monoisotopic (exact) mass is 334 g/mol. The molecule has 25 heavy (non-hydrogen) atoms. The van der Waals surface area contributed by atoms with Gasteiger partial charge in [-0.2, -0.15) is 5.10 Å². The second-order valence-corrected chi connectivity index (χ2v) is 6.20. The lowest BCUT2D eigenvalue weighted by atomic mass is 9.96. The Balaban J connectivity index is 1.77. The van der Waals surface area contributed by atoms with Gasteiger partial charge in [-0.15, -0.1) is 0 Å². The van der Waals surface area contributed by atoms with E-state index >= 15 is 0 Å². The van der Waals surface area contributed by atoms with E-state index in [1.807, 2.05) is 66.9 Å². The van der Waals surface area contributed by atoms with Crippen molar-refractivity contribution in [3.63, 3.8) is 0 Å². The molecule has 0 saturated carbocycles. The molecule has 0 aliphatic carbocycles. The lowest BCUT2D eigenvalue weighted by molar-refractivity contribution is 0.244. The molecule has 2 N–H and O–H groups in total. The number of urea groups is 1. The van der Waals surface area contributed by atoms with E-state index in [1.165, 1.54) is 0 Å². The van der Waals surface area contributed by atoms with Crippen molar-refractivity contribution in [3.05, 3.63) is 78.6 Å². The minimum atomic E-state index is -0.234. The number of para-hydroxylation sites is 2. The van der Waals surface area contributed by atoms with Crippen molar-refractivity contribution in [3.8, 4) is 5.69 Å². The predicted octanol–water partition coefficient (Wildman–Crippen LogP) is 4.39. The van der Waals surface area contributed by atoms with Gasteiger partial charge in [0.2, 0.25) is 0 Å². The third-order valence-corrected chi connectivity index (χ3v) is 4.02. The number of aromatic nitrogens is 2. The first-order chi connectivity index (χ1) is 12.1. The van der Waals surface area contributed by atoms with E-state index in [1.54, 1.807) is 10.9 Å². The number of rotatable bonds is 5. The molecule has 128 valence electrons. The van der Waals surface area contributed by atoms with Crippen LogP contribution in [0, 0.1) is 5.92 Å². The number of hydrogen-bond acceptors (Lipinski definition) is 2. The molecule has 5 heteroatoms. The summed E-state index contributed by atoms with van der Waals surface area (Å²) < 4.78 is 1.73. The highest BCUT2D eigenvalue weighted by Crippen LogP contribution is 2.23. The molecular weight excluding hydrogens is 312 g/mol. The summed E-state index contributed by atoms with van der Waals surface area (Å²) >= 11 is 0. The summed E-state index contributed by atoms with van der Waals surface area (Å²) in [7, 11) is 0. The minimum Gasteiger partial charge on any atom is -0.331 e. The molecule has 0 spiro atoms. The maximum atomic E-state index is 12.6. The topological polar surface area (TPSA) is 59.0 Å². The lowest BCUT2D eigenvalue weighted by Crippen LogP contribution is -2.35. The lowest BCUT2D eigenvalue weighted by Gasteiger charge is -2.23. The number of nitrogens with one attached hydrogen (secondary N) is 2. The number of carbonyl (C=O) groups is 1. The largest absolute Gasteiger partial charge is 0.331 e. The Hall–Kier alpha value is -3.08. The van der Waals surface area contributed by atoms with E-state index in [-0.39, 0.29) is 18.0 Å². The van der Waals surface area contributed by atoms with Crippen molar-refractivity contribution in [1.29, 1.82) is 0 Å². The third-order valence-electron chi connectivity index (χ3n) is 4.02. The molecule has 2 amide bonds. The molecule has 5 nitrogen and oxygen atoms in total. The smallest absolute Gasteiger partial charge is 0.319 e. The van der Waals surface area contributed by atoms with Gasteiger partial charge >= 0.3 is 6.03 Å². The summed E-state index contributed by atoms with van der Waals surface area (Å²) in [6.07, 6.45) is 3.56. The van der Waals surface area contributed by atoms with E-state index in [0.29, 0.717) is 5.69 Å². The number of hydrogen-bond donors (Lipinski definition) is 2. The zero-order chi connectivity index (χ0) is 17.6. The predicted molar refractivity (Wildman–Crippen MR) is 99.7 cm³/mol. The quantitative estimate of drug-likeness (QED) is 0.727. The second-order valence-electron chi connectivity index (χ2n) is 6.20. The van der Waals surface area contributed by atoms with Crippen LogP contribution in [0.4, 0.5) is 10.5 Å². The summed E-state index contributed by atoms with van der Waals surface area (Å²) in [5.41, 5.74) is 2.62. The van der Waals surface area contributed by atoms with Gasteiger partial charge in [-0.1, -0.05) is 56.3 Å². The van der Waals surface area contributed by atoms with Crippen molar-refractivity contribution in [2.24, 2.45) is 5.92 Å². The summed E-state index contributed by atoms with van der Waals surface area (Å²) in [6, 6.07) is 19.1. The van der Waals surface area contributed by atoms with E-state index < -0.39 is 0 Å². The van der Waals surface area contributed by atoms with Crippen molar-refractivity contribution < 1.29 is 4.79 Å². The molecule has 1 atom stereocenters. The average Bonchev–Trinajstić information content (AvgIpc) is 3.15. The van der Waals surface area contributed by atoms with Crippen LogP contribution in [0.25, 0.3) is 5.69 Å². The van der Waals surface area contributed by atoms with Crippen LogP contribution in [0.3, 0.4) is 0 Å². The molecule has 1 heterocycles. The number of amides is 2. The molecule has 3 aromatic rings. The number of anilines is 1. The zero-order valence-electron chi connectivity index (χ0n) is 14.4. The fourth-order valence-electron chi connectivity index (χ4n) is 2.79. The van der Waals surface area contributed by atoms with Gasteiger partial charge < -0.3 is 10.6 Å². The van der Waals surface area contributed by atoms with Crippen LogP contribution in [0.15, 0.2) is 73.1 Å². The van der Waals surface area contributed by atoms with Crippen molar-refractivity contribution in [2.75, 3.05) is 5.32 Å². The fourth-order valence-corrected chi connectivity index (χ4v) is 2.79. The van der Waals surface area contributed by atoms with Crippen molar-refractivity contribution >= 4 is 11.7 Å². The number of benzene rings is 2. The molecule has 2 aromatic carbocycles. The van der Waals surface area contributed by atoms with Crippen molar-refractivity contribution in [1.82, 2.24) is 15.1 Å². The Kier molecular flexibility index (Phi) is 5.14. The molecule has 0 aliphatic heterocycles. The third kappa shape index (κ3) is 4.07. The first-order valence-electron chi connectivity index (χ1n) is 8.36. The average molecular weight is 334 g/mol. The SMILES string of the molecule is CC(C)C(NC(=O)Nc1ccccc1-n1cccn1)c1ccccc1. The summed E-state index contributed by atoms with van der Waals surface area (Å²) in [4.78, 5) is 12.6. The van der Waals surface area contributed by atoms with Gasteiger partial charge in [-0.05, 0) is 29.7 Å². The van der Waals surface area contributed by atoms with Crippen LogP contribution >= 0.6 is 0 Å². The van der Waals surface area contributed by atoms with Crippen LogP contribution < -0.4 is 10.6 Å². The number of nitrogens with zero attached hydrogens (tertiary/aromatic N) is 2. The van der Waals surface area contributed by atoms with E-state index in [4.69, 9.17) is 0 Å². The first-order valence-corrected chi connectivity index (χ1v) is 8.36. The molecule has 3 rings (SSSR count).